The van der Waals surface area contributed by atoms with E-state index in [-0.39, 0.29) is 0 Å². The Morgan fingerprint density at radius 2 is 1.78 bits per heavy atom. The van der Waals surface area contributed by atoms with Crippen molar-refractivity contribution >= 4 is 20.8 Å². The van der Waals surface area contributed by atoms with E-state index in [4.69, 9.17) is 0 Å². The van der Waals surface area contributed by atoms with Crippen molar-refractivity contribution in [3.8, 4) is 0 Å². The molecule has 4 heteroatoms. The predicted octanol–water partition coefficient (Wildman–Crippen LogP) is 2.32. The molecule has 0 bridgehead atoms. The second-order valence-electron chi connectivity index (χ2n) is 4.45. The van der Waals surface area contributed by atoms with Gasteiger partial charge in [-0.3, -0.25) is 0 Å². The summed E-state index contributed by atoms with van der Waals surface area (Å²) in [5.41, 5.74) is 1.04. The fourth-order valence-corrected chi connectivity index (χ4v) is 2.82. The van der Waals surface area contributed by atoms with Gasteiger partial charge in [0.05, 0.1) is 5.25 Å². The quantitative estimate of drug-likeness (QED) is 0.920. The van der Waals surface area contributed by atoms with Crippen LogP contribution in [0.3, 0.4) is 0 Å². The molecule has 1 N–H and O–H groups in total. The Morgan fingerprint density at radius 3 is 2.44 bits per heavy atom. The normalized spacial score (nSPS) is 13.7. The third-order valence-electron chi connectivity index (χ3n) is 3.15. The van der Waals surface area contributed by atoms with Gasteiger partial charge in [-0.2, -0.15) is 0 Å². The summed E-state index contributed by atoms with van der Waals surface area (Å²) in [5, 5.41) is 1.89. The minimum Gasteiger partial charge on any atom is -0.218 e. The Morgan fingerprint density at radius 1 is 1.11 bits per heavy atom. The van der Waals surface area contributed by atoms with Crippen molar-refractivity contribution in [3.63, 3.8) is 0 Å². The molecular weight excluding hydrogens is 246 g/mol. The molecule has 1 unspecified atom stereocenters. The molecule has 18 heavy (non-hydrogen) atoms. The molecule has 2 aromatic rings. The van der Waals surface area contributed by atoms with Gasteiger partial charge >= 0.3 is 0 Å². The molecule has 0 saturated carbocycles. The van der Waals surface area contributed by atoms with Crippen LogP contribution in [0, 0.1) is 0 Å². The molecule has 0 radical (unpaired) electrons. The monoisotopic (exact) mass is 263 g/mol. The molecule has 0 spiro atoms. The topological polar surface area (TPSA) is 46.2 Å². The zero-order valence-electron chi connectivity index (χ0n) is 10.6. The van der Waals surface area contributed by atoms with Crippen molar-refractivity contribution in [2.24, 2.45) is 0 Å². The van der Waals surface area contributed by atoms with Gasteiger partial charge in [-0.05, 0) is 36.7 Å². The number of benzene rings is 2. The summed E-state index contributed by atoms with van der Waals surface area (Å²) in [4.78, 5) is 0. The van der Waals surface area contributed by atoms with Crippen LogP contribution >= 0.6 is 0 Å². The van der Waals surface area contributed by atoms with Crippen molar-refractivity contribution < 1.29 is 8.42 Å². The highest BCUT2D eigenvalue weighted by molar-refractivity contribution is 7.90. The number of rotatable bonds is 4. The lowest BCUT2D eigenvalue weighted by molar-refractivity contribution is 0.574. The van der Waals surface area contributed by atoms with Gasteiger partial charge in [0.25, 0.3) is 0 Å². The van der Waals surface area contributed by atoms with Gasteiger partial charge < -0.3 is 0 Å². The first-order valence-corrected chi connectivity index (χ1v) is 7.47. The molecule has 0 saturated heterocycles. The molecule has 0 amide bonds. The summed E-state index contributed by atoms with van der Waals surface area (Å²) in [6.07, 6.45) is 0.522. The molecule has 3 nitrogen and oxygen atoms in total. The molecule has 2 aromatic carbocycles. The Kier molecular flexibility index (Phi) is 3.68. The Balaban J connectivity index is 2.27. The van der Waals surface area contributed by atoms with Crippen LogP contribution in [-0.4, -0.2) is 20.7 Å². The van der Waals surface area contributed by atoms with Gasteiger partial charge in [0.1, 0.15) is 0 Å². The van der Waals surface area contributed by atoms with E-state index in [1.54, 1.807) is 6.92 Å². The number of hydrogen-bond acceptors (Lipinski definition) is 2. The van der Waals surface area contributed by atoms with E-state index in [1.807, 2.05) is 36.4 Å². The van der Waals surface area contributed by atoms with Crippen LogP contribution in [-0.2, 0) is 16.4 Å². The fourth-order valence-electron chi connectivity index (χ4n) is 2.01. The van der Waals surface area contributed by atoms with Crippen LogP contribution in [0.2, 0.25) is 0 Å². The second-order valence-corrected chi connectivity index (χ2v) is 6.75. The number of hydrogen-bond donors (Lipinski definition) is 1. The van der Waals surface area contributed by atoms with E-state index in [0.29, 0.717) is 6.42 Å². The van der Waals surface area contributed by atoms with Crippen LogP contribution in [0.1, 0.15) is 12.5 Å². The van der Waals surface area contributed by atoms with E-state index >= 15 is 0 Å². The Bertz CT molecular complexity index is 650. The minimum absolute atomic E-state index is 0.427. The molecular formula is C14H17NO2S. The van der Waals surface area contributed by atoms with E-state index in [9.17, 15) is 8.42 Å². The van der Waals surface area contributed by atoms with Crippen molar-refractivity contribution in [1.29, 1.82) is 0 Å². The third kappa shape index (κ3) is 2.71. The fraction of sp³-hybridized carbons (Fsp3) is 0.286. The molecule has 0 fully saturated rings. The molecule has 0 aliphatic carbocycles. The summed E-state index contributed by atoms with van der Waals surface area (Å²) in [7, 11) is -1.75. The van der Waals surface area contributed by atoms with E-state index in [2.05, 4.69) is 10.8 Å². The standard InChI is InChI=1S/C14H17NO2S/c1-11(18(16,17)15-2)9-12-7-8-13-5-3-4-6-14(13)10-12/h3-8,10-11,15H,9H2,1-2H3. The average Bonchev–Trinajstić information content (AvgIpc) is 2.38. The third-order valence-corrected chi connectivity index (χ3v) is 4.95. The highest BCUT2D eigenvalue weighted by atomic mass is 32.2. The largest absolute Gasteiger partial charge is 0.218 e. The lowest BCUT2D eigenvalue weighted by Gasteiger charge is -2.12. The van der Waals surface area contributed by atoms with Gasteiger partial charge in [0, 0.05) is 0 Å². The van der Waals surface area contributed by atoms with E-state index in [1.165, 1.54) is 12.4 Å². The van der Waals surface area contributed by atoms with Gasteiger partial charge in [-0.25, -0.2) is 13.1 Å². The smallest absolute Gasteiger partial charge is 0.214 e. The van der Waals surface area contributed by atoms with Crippen molar-refractivity contribution in [2.45, 2.75) is 18.6 Å². The SMILES string of the molecule is CNS(=O)(=O)C(C)Cc1ccc2ccccc2c1. The first-order chi connectivity index (χ1) is 8.53. The molecule has 0 aliphatic heterocycles. The van der Waals surface area contributed by atoms with Crippen molar-refractivity contribution in [1.82, 2.24) is 4.72 Å². The summed E-state index contributed by atoms with van der Waals surface area (Å²) in [5.74, 6) is 0. The average molecular weight is 263 g/mol. The maximum Gasteiger partial charge on any atom is 0.214 e. The molecule has 2 rings (SSSR count). The van der Waals surface area contributed by atoms with Crippen LogP contribution < -0.4 is 4.72 Å². The van der Waals surface area contributed by atoms with E-state index < -0.39 is 15.3 Å². The van der Waals surface area contributed by atoms with E-state index in [0.717, 1.165) is 10.9 Å². The second kappa shape index (κ2) is 5.08. The van der Waals surface area contributed by atoms with Crippen molar-refractivity contribution in [2.75, 3.05) is 7.05 Å². The van der Waals surface area contributed by atoms with Crippen molar-refractivity contribution in [3.05, 3.63) is 48.0 Å². The summed E-state index contributed by atoms with van der Waals surface area (Å²) in [6.45, 7) is 1.72. The molecule has 0 heterocycles. The van der Waals surface area contributed by atoms with Crippen LogP contribution in [0.15, 0.2) is 42.5 Å². The maximum absolute atomic E-state index is 11.7. The van der Waals surface area contributed by atoms with Gasteiger partial charge in [-0.1, -0.05) is 42.5 Å². The van der Waals surface area contributed by atoms with Gasteiger partial charge in [0.15, 0.2) is 0 Å². The zero-order valence-corrected chi connectivity index (χ0v) is 11.4. The maximum atomic E-state index is 11.7. The van der Waals surface area contributed by atoms with Gasteiger partial charge in [0.2, 0.25) is 10.0 Å². The highest BCUT2D eigenvalue weighted by Crippen LogP contribution is 2.17. The zero-order chi connectivity index (χ0) is 13.2. The van der Waals surface area contributed by atoms with Crippen LogP contribution in [0.5, 0.6) is 0 Å². The Labute approximate surface area is 108 Å². The number of sulfonamides is 1. The van der Waals surface area contributed by atoms with Crippen LogP contribution in [0.25, 0.3) is 10.8 Å². The number of fused-ring (bicyclic) bond motifs is 1. The molecule has 0 aromatic heterocycles. The first kappa shape index (κ1) is 13.1. The minimum atomic E-state index is -3.20. The first-order valence-electron chi connectivity index (χ1n) is 5.93. The number of nitrogens with one attached hydrogen (secondary N) is 1. The molecule has 96 valence electrons. The Hall–Kier alpha value is -1.39. The predicted molar refractivity (Wildman–Crippen MR) is 75.1 cm³/mol. The lowest BCUT2D eigenvalue weighted by Crippen LogP contribution is -2.31. The summed E-state index contributed by atoms with van der Waals surface area (Å²) in [6, 6.07) is 14.1. The van der Waals surface area contributed by atoms with Crippen LogP contribution in [0.4, 0.5) is 0 Å². The highest BCUT2D eigenvalue weighted by Gasteiger charge is 2.18. The summed E-state index contributed by atoms with van der Waals surface area (Å²) < 4.78 is 25.7. The van der Waals surface area contributed by atoms with Gasteiger partial charge in [-0.15, -0.1) is 0 Å². The molecule has 1 atom stereocenters. The molecule has 0 aliphatic rings. The lowest BCUT2D eigenvalue weighted by atomic mass is 10.0. The summed E-state index contributed by atoms with van der Waals surface area (Å²) >= 11 is 0.